The largest absolute Gasteiger partial charge is 0.194 e. The third kappa shape index (κ3) is 2.08. The highest BCUT2D eigenvalue weighted by atomic mass is 15.1. The van der Waals surface area contributed by atoms with Crippen molar-refractivity contribution in [2.75, 3.05) is 0 Å². The number of fused-ring (bicyclic) bond motifs is 1. The van der Waals surface area contributed by atoms with Crippen molar-refractivity contribution in [3.8, 4) is 0 Å². The Labute approximate surface area is 172 Å². The second-order valence-electron chi connectivity index (χ2n) is 8.43. The Morgan fingerprint density at radius 3 is 1.83 bits per heavy atom. The predicted molar refractivity (Wildman–Crippen MR) is 116 cm³/mol. The van der Waals surface area contributed by atoms with E-state index in [0.29, 0.717) is 12.0 Å². The molecule has 29 heavy (non-hydrogen) atoms. The average molecular weight is 375 g/mol. The summed E-state index contributed by atoms with van der Waals surface area (Å²) in [6.45, 7) is 2.45. The number of pyridine rings is 1. The van der Waals surface area contributed by atoms with Crippen LogP contribution in [0.3, 0.4) is 0 Å². The molecule has 1 aliphatic carbocycles. The summed E-state index contributed by atoms with van der Waals surface area (Å²) in [5.74, 6) is 0.705. The van der Waals surface area contributed by atoms with Gasteiger partial charge in [0.25, 0.3) is 0 Å². The second kappa shape index (κ2) is 6.15. The van der Waals surface area contributed by atoms with Gasteiger partial charge in [-0.3, -0.25) is 0 Å². The first-order chi connectivity index (χ1) is 14.3. The van der Waals surface area contributed by atoms with E-state index in [4.69, 9.17) is 0 Å². The van der Waals surface area contributed by atoms with E-state index in [0.717, 1.165) is 0 Å². The molecule has 0 saturated carbocycles. The van der Waals surface area contributed by atoms with Crippen LogP contribution in [0.1, 0.15) is 46.8 Å². The summed E-state index contributed by atoms with van der Waals surface area (Å²) in [5.41, 5.74) is 7.12. The molecule has 3 aromatic carbocycles. The smallest absolute Gasteiger partial charge is 0.190 e. The van der Waals surface area contributed by atoms with Crippen molar-refractivity contribution in [1.29, 1.82) is 0 Å². The first-order valence-electron chi connectivity index (χ1n) is 10.5. The molecule has 0 radical (unpaired) electrons. The van der Waals surface area contributed by atoms with Gasteiger partial charge in [-0.15, -0.1) is 0 Å². The van der Waals surface area contributed by atoms with E-state index < -0.39 is 0 Å². The van der Waals surface area contributed by atoms with Gasteiger partial charge in [-0.2, -0.15) is 4.57 Å². The third-order valence-electron chi connectivity index (χ3n) is 7.29. The van der Waals surface area contributed by atoms with Gasteiger partial charge in [0.2, 0.25) is 0 Å². The lowest BCUT2D eigenvalue weighted by atomic mass is 9.49. The summed E-state index contributed by atoms with van der Waals surface area (Å²) in [6, 6.07) is 38.5. The van der Waals surface area contributed by atoms with Gasteiger partial charge >= 0.3 is 0 Å². The van der Waals surface area contributed by atoms with Crippen molar-refractivity contribution in [2.24, 2.45) is 5.92 Å². The molecular weight excluding hydrogens is 350 g/mol. The van der Waals surface area contributed by atoms with Gasteiger partial charge < -0.3 is 0 Å². The van der Waals surface area contributed by atoms with Crippen LogP contribution >= 0.6 is 0 Å². The van der Waals surface area contributed by atoms with E-state index in [1.165, 1.54) is 27.9 Å². The maximum Gasteiger partial charge on any atom is 0.190 e. The first-order valence-corrected chi connectivity index (χ1v) is 10.5. The molecule has 1 aromatic heterocycles. The Morgan fingerprint density at radius 1 is 0.621 bits per heavy atom. The SMILES string of the molecule is CC1C2c3ccccc3C(c3cccc[n+]32)C1(c1ccccc1)c1ccccc1. The van der Waals surface area contributed by atoms with Gasteiger partial charge in [-0.1, -0.05) is 97.9 Å². The van der Waals surface area contributed by atoms with E-state index in [1.807, 2.05) is 0 Å². The molecule has 0 N–H and O–H groups in total. The van der Waals surface area contributed by atoms with Crippen LogP contribution in [-0.4, -0.2) is 0 Å². The summed E-state index contributed by atoms with van der Waals surface area (Å²) < 4.78 is 2.53. The van der Waals surface area contributed by atoms with Crippen LogP contribution in [-0.2, 0) is 5.41 Å². The molecule has 3 unspecified atom stereocenters. The Bertz CT molecular complexity index is 1090. The highest BCUT2D eigenvalue weighted by molar-refractivity contribution is 5.55. The second-order valence-corrected chi connectivity index (χ2v) is 8.43. The zero-order valence-electron chi connectivity index (χ0n) is 16.6. The summed E-state index contributed by atoms with van der Waals surface area (Å²) in [7, 11) is 0. The molecule has 3 heterocycles. The van der Waals surface area contributed by atoms with Crippen LogP contribution in [0.4, 0.5) is 0 Å². The van der Waals surface area contributed by atoms with Gasteiger partial charge in [-0.25, -0.2) is 0 Å². The summed E-state index contributed by atoms with van der Waals surface area (Å²) in [5, 5.41) is 0. The fourth-order valence-electron chi connectivity index (χ4n) is 6.27. The molecule has 2 bridgehead atoms. The molecule has 0 saturated heterocycles. The monoisotopic (exact) mass is 374 g/mol. The molecule has 3 atom stereocenters. The molecule has 1 heteroatoms. The quantitative estimate of drug-likeness (QED) is 0.400. The van der Waals surface area contributed by atoms with Crippen LogP contribution in [0.15, 0.2) is 109 Å². The van der Waals surface area contributed by atoms with E-state index in [-0.39, 0.29) is 11.3 Å². The van der Waals surface area contributed by atoms with E-state index in [9.17, 15) is 0 Å². The minimum atomic E-state index is -0.0944. The zero-order chi connectivity index (χ0) is 19.4. The highest BCUT2D eigenvalue weighted by Crippen LogP contribution is 2.61. The lowest BCUT2D eigenvalue weighted by molar-refractivity contribution is -0.739. The van der Waals surface area contributed by atoms with E-state index >= 15 is 0 Å². The maximum absolute atomic E-state index is 2.53. The molecule has 4 aromatic rings. The minimum Gasteiger partial charge on any atom is -0.194 e. The van der Waals surface area contributed by atoms with E-state index in [2.05, 4.69) is 121 Å². The van der Waals surface area contributed by atoms with Gasteiger partial charge in [0, 0.05) is 29.0 Å². The third-order valence-corrected chi connectivity index (χ3v) is 7.29. The first kappa shape index (κ1) is 16.7. The van der Waals surface area contributed by atoms with E-state index in [1.54, 1.807) is 0 Å². The molecule has 7 rings (SSSR count). The standard InChI is InChI=1S/C28H24N/c1-20-27-24-17-9-8-16-23(24)26(25-18-10-11-19-29(25)27)28(20,21-12-4-2-5-13-21)22-14-6-3-7-15-22/h2-20,26-27H,1H3/q+1. The average Bonchev–Trinajstić information content (AvgIpc) is 2.80. The van der Waals surface area contributed by atoms with Crippen molar-refractivity contribution in [1.82, 2.24) is 0 Å². The van der Waals surface area contributed by atoms with Crippen LogP contribution in [0.2, 0.25) is 0 Å². The lowest BCUT2D eigenvalue weighted by Gasteiger charge is -2.54. The number of aromatic nitrogens is 1. The lowest BCUT2D eigenvalue weighted by Crippen LogP contribution is -2.64. The molecule has 0 amide bonds. The fraction of sp³-hybridized carbons (Fsp3) is 0.179. The molecule has 3 aliphatic rings. The number of rotatable bonds is 2. The summed E-state index contributed by atoms with van der Waals surface area (Å²) in [6.07, 6.45) is 2.28. The van der Waals surface area contributed by atoms with Crippen molar-refractivity contribution >= 4 is 0 Å². The highest BCUT2D eigenvalue weighted by Gasteiger charge is 2.63. The zero-order valence-corrected chi connectivity index (χ0v) is 16.6. The molecule has 1 nitrogen and oxygen atoms in total. The number of hydrogen-bond acceptors (Lipinski definition) is 0. The van der Waals surface area contributed by atoms with Crippen molar-refractivity contribution in [2.45, 2.75) is 24.3 Å². The number of benzene rings is 3. The summed E-state index contributed by atoms with van der Waals surface area (Å²) in [4.78, 5) is 0. The Morgan fingerprint density at radius 2 is 1.17 bits per heavy atom. The summed E-state index contributed by atoms with van der Waals surface area (Å²) >= 11 is 0. The normalized spacial score (nSPS) is 23.3. The number of hydrogen-bond donors (Lipinski definition) is 0. The molecular formula is C28H24N+. The molecule has 0 spiro atoms. The Kier molecular flexibility index (Phi) is 3.55. The number of nitrogens with zero attached hydrogens (tertiary/aromatic N) is 1. The van der Waals surface area contributed by atoms with Crippen LogP contribution in [0, 0.1) is 5.92 Å². The Hall–Kier alpha value is -3.19. The van der Waals surface area contributed by atoms with Crippen LogP contribution in [0.5, 0.6) is 0 Å². The van der Waals surface area contributed by atoms with Crippen molar-refractivity contribution < 1.29 is 4.57 Å². The Balaban J connectivity index is 1.77. The topological polar surface area (TPSA) is 3.88 Å². The fourth-order valence-corrected chi connectivity index (χ4v) is 6.27. The minimum absolute atomic E-state index is 0.0944. The van der Waals surface area contributed by atoms with Crippen molar-refractivity contribution in [3.05, 3.63) is 137 Å². The molecule has 2 aliphatic heterocycles. The maximum atomic E-state index is 2.53. The van der Waals surface area contributed by atoms with Crippen molar-refractivity contribution in [3.63, 3.8) is 0 Å². The van der Waals surface area contributed by atoms with Gasteiger partial charge in [0.05, 0.1) is 5.92 Å². The molecule has 140 valence electrons. The van der Waals surface area contributed by atoms with Gasteiger partial charge in [0.15, 0.2) is 17.9 Å². The van der Waals surface area contributed by atoms with Crippen LogP contribution in [0.25, 0.3) is 0 Å². The van der Waals surface area contributed by atoms with Crippen LogP contribution < -0.4 is 4.57 Å². The molecule has 0 fully saturated rings. The predicted octanol–water partition coefficient (Wildman–Crippen LogP) is 5.64. The van der Waals surface area contributed by atoms with Gasteiger partial charge in [0.1, 0.15) is 0 Å². The van der Waals surface area contributed by atoms with Gasteiger partial charge in [-0.05, 0) is 16.7 Å².